The van der Waals surface area contributed by atoms with Gasteiger partial charge in [0.15, 0.2) is 0 Å². The van der Waals surface area contributed by atoms with E-state index in [2.05, 4.69) is 15.9 Å². The summed E-state index contributed by atoms with van der Waals surface area (Å²) in [5, 5.41) is 0.626. The molecule has 0 saturated heterocycles. The lowest BCUT2D eigenvalue weighted by Crippen LogP contribution is -2.30. The summed E-state index contributed by atoms with van der Waals surface area (Å²) in [5.74, 6) is -0.268. The van der Waals surface area contributed by atoms with Crippen molar-refractivity contribution in [1.82, 2.24) is 9.21 Å². The number of hydrogen-bond acceptors (Lipinski definition) is 3. The maximum Gasteiger partial charge on any atom is 0.254 e. The zero-order valence-electron chi connectivity index (χ0n) is 14.9. The first kappa shape index (κ1) is 20.9. The molecule has 0 aromatic heterocycles. The number of hydrogen-bond donors (Lipinski definition) is 0. The Bertz CT molecular complexity index is 915. The quantitative estimate of drug-likeness (QED) is 0.674. The fourth-order valence-electron chi connectivity index (χ4n) is 2.38. The minimum Gasteiger partial charge on any atom is -0.335 e. The molecule has 0 heterocycles. The lowest BCUT2D eigenvalue weighted by Gasteiger charge is -2.26. The second-order valence-electron chi connectivity index (χ2n) is 6.08. The van der Waals surface area contributed by atoms with Crippen molar-refractivity contribution >= 4 is 43.5 Å². The van der Waals surface area contributed by atoms with Gasteiger partial charge in [-0.15, -0.1) is 0 Å². The molecule has 26 heavy (non-hydrogen) atoms. The van der Waals surface area contributed by atoms with Gasteiger partial charge in [0, 0.05) is 36.2 Å². The topological polar surface area (TPSA) is 57.7 Å². The van der Waals surface area contributed by atoms with Crippen LogP contribution in [-0.4, -0.2) is 44.7 Å². The Hall–Kier alpha value is -1.41. The number of rotatable bonds is 5. The van der Waals surface area contributed by atoms with Crippen molar-refractivity contribution in [1.29, 1.82) is 0 Å². The highest BCUT2D eigenvalue weighted by molar-refractivity contribution is 9.10. The lowest BCUT2D eigenvalue weighted by atomic mass is 10.1. The first-order valence-electron chi connectivity index (χ1n) is 7.80. The molecule has 140 valence electrons. The van der Waals surface area contributed by atoms with E-state index in [4.69, 9.17) is 11.6 Å². The van der Waals surface area contributed by atoms with Crippen molar-refractivity contribution in [2.24, 2.45) is 0 Å². The van der Waals surface area contributed by atoms with Crippen LogP contribution in [0.3, 0.4) is 0 Å². The Morgan fingerprint density at radius 3 is 2.19 bits per heavy atom. The predicted octanol–water partition coefficient (Wildman–Crippen LogP) is 4.19. The van der Waals surface area contributed by atoms with Crippen LogP contribution >= 0.6 is 27.5 Å². The number of nitrogens with zero attached hydrogens (tertiary/aromatic N) is 2. The second-order valence-corrected chi connectivity index (χ2v) is 9.49. The average molecular weight is 460 g/mol. The number of halogens is 2. The predicted molar refractivity (Wildman–Crippen MR) is 107 cm³/mol. The van der Waals surface area contributed by atoms with Crippen LogP contribution < -0.4 is 0 Å². The highest BCUT2D eigenvalue weighted by Gasteiger charge is 2.24. The first-order valence-corrected chi connectivity index (χ1v) is 10.4. The van der Waals surface area contributed by atoms with Crippen LogP contribution in [0, 0.1) is 0 Å². The Morgan fingerprint density at radius 1 is 1.08 bits per heavy atom. The molecular formula is C18H20BrClN2O3S. The largest absolute Gasteiger partial charge is 0.335 e. The summed E-state index contributed by atoms with van der Waals surface area (Å²) in [6.45, 7) is 1.90. The summed E-state index contributed by atoms with van der Waals surface area (Å²) >= 11 is 9.16. The monoisotopic (exact) mass is 458 g/mol. The molecule has 2 aromatic carbocycles. The minimum atomic E-state index is -3.67. The van der Waals surface area contributed by atoms with Gasteiger partial charge < -0.3 is 4.90 Å². The molecule has 1 unspecified atom stereocenters. The second kappa shape index (κ2) is 8.08. The number of sulfonamides is 1. The molecule has 2 aromatic rings. The molecule has 0 saturated carbocycles. The number of amides is 1. The SMILES string of the molecule is CC(c1ccc(Cl)cc1)N(C)C(=O)c1ccc(Br)c(S(=O)(=O)N(C)C)c1. The smallest absolute Gasteiger partial charge is 0.254 e. The van der Waals surface area contributed by atoms with Gasteiger partial charge in [-0.25, -0.2) is 12.7 Å². The third-order valence-corrected chi connectivity index (χ3v) is 7.25. The Labute approximate surface area is 167 Å². The zero-order valence-corrected chi connectivity index (χ0v) is 18.1. The molecule has 0 bridgehead atoms. The summed E-state index contributed by atoms with van der Waals surface area (Å²) < 4.78 is 26.4. The van der Waals surface area contributed by atoms with Crippen molar-refractivity contribution in [2.75, 3.05) is 21.1 Å². The molecular weight excluding hydrogens is 440 g/mol. The van der Waals surface area contributed by atoms with E-state index < -0.39 is 10.0 Å². The van der Waals surface area contributed by atoms with Crippen molar-refractivity contribution in [3.8, 4) is 0 Å². The fourth-order valence-corrected chi connectivity index (χ4v) is 4.35. The molecule has 0 spiro atoms. The van der Waals surface area contributed by atoms with Gasteiger partial charge in [-0.3, -0.25) is 4.79 Å². The molecule has 0 fully saturated rings. The van der Waals surface area contributed by atoms with Gasteiger partial charge >= 0.3 is 0 Å². The van der Waals surface area contributed by atoms with E-state index in [-0.39, 0.29) is 16.8 Å². The van der Waals surface area contributed by atoms with Gasteiger partial charge in [-0.2, -0.15) is 0 Å². The van der Waals surface area contributed by atoms with Gasteiger partial charge in [0.25, 0.3) is 5.91 Å². The van der Waals surface area contributed by atoms with Crippen molar-refractivity contribution in [3.63, 3.8) is 0 Å². The Morgan fingerprint density at radius 2 is 1.65 bits per heavy atom. The zero-order chi connectivity index (χ0) is 19.6. The average Bonchev–Trinajstić information content (AvgIpc) is 2.60. The molecule has 0 aliphatic heterocycles. The molecule has 8 heteroatoms. The number of carbonyl (C=O) groups excluding carboxylic acids is 1. The van der Waals surface area contributed by atoms with Gasteiger partial charge in [0.1, 0.15) is 0 Å². The number of carbonyl (C=O) groups is 1. The lowest BCUT2D eigenvalue weighted by molar-refractivity contribution is 0.0742. The summed E-state index contributed by atoms with van der Waals surface area (Å²) in [6.07, 6.45) is 0. The van der Waals surface area contributed by atoms with Gasteiger partial charge in [0.05, 0.1) is 10.9 Å². The molecule has 5 nitrogen and oxygen atoms in total. The highest BCUT2D eigenvalue weighted by Crippen LogP contribution is 2.27. The van der Waals surface area contributed by atoms with Crippen LogP contribution in [0.5, 0.6) is 0 Å². The summed E-state index contributed by atoms with van der Waals surface area (Å²) in [5.41, 5.74) is 1.24. The summed E-state index contributed by atoms with van der Waals surface area (Å²) in [6, 6.07) is 11.6. The summed E-state index contributed by atoms with van der Waals surface area (Å²) in [4.78, 5) is 14.5. The van der Waals surface area contributed by atoms with E-state index >= 15 is 0 Å². The van der Waals surface area contributed by atoms with E-state index in [0.29, 0.717) is 15.1 Å². The van der Waals surface area contributed by atoms with Crippen LogP contribution in [0.1, 0.15) is 28.9 Å². The molecule has 0 radical (unpaired) electrons. The van der Waals surface area contributed by atoms with Crippen molar-refractivity contribution in [3.05, 3.63) is 63.1 Å². The summed E-state index contributed by atoms with van der Waals surface area (Å²) in [7, 11) is 0.918. The van der Waals surface area contributed by atoms with E-state index in [9.17, 15) is 13.2 Å². The molecule has 0 aliphatic rings. The Balaban J connectivity index is 2.36. The minimum absolute atomic E-state index is 0.0564. The highest BCUT2D eigenvalue weighted by atomic mass is 79.9. The van der Waals surface area contributed by atoms with Crippen molar-refractivity contribution in [2.45, 2.75) is 17.9 Å². The molecule has 0 N–H and O–H groups in total. The molecule has 0 aliphatic carbocycles. The maximum absolute atomic E-state index is 12.9. The van der Waals surface area contributed by atoms with E-state index in [1.54, 1.807) is 36.2 Å². The van der Waals surface area contributed by atoms with E-state index in [1.165, 1.54) is 20.2 Å². The van der Waals surface area contributed by atoms with E-state index in [1.807, 2.05) is 19.1 Å². The van der Waals surface area contributed by atoms with Crippen LogP contribution in [0.15, 0.2) is 51.8 Å². The van der Waals surface area contributed by atoms with Crippen molar-refractivity contribution < 1.29 is 13.2 Å². The molecule has 2 rings (SSSR count). The van der Waals surface area contributed by atoms with Gasteiger partial charge in [-0.1, -0.05) is 23.7 Å². The fraction of sp³-hybridized carbons (Fsp3) is 0.278. The third kappa shape index (κ3) is 4.28. The van der Waals surface area contributed by atoms with Crippen LogP contribution in [0.4, 0.5) is 0 Å². The van der Waals surface area contributed by atoms with Crippen LogP contribution in [0.25, 0.3) is 0 Å². The third-order valence-electron chi connectivity index (χ3n) is 4.19. The Kier molecular flexibility index (Phi) is 6.50. The van der Waals surface area contributed by atoms with Crippen LogP contribution in [0.2, 0.25) is 5.02 Å². The molecule has 1 amide bonds. The van der Waals surface area contributed by atoms with Gasteiger partial charge in [0.2, 0.25) is 10.0 Å². The first-order chi connectivity index (χ1) is 12.1. The standard InChI is InChI=1S/C18H20BrClN2O3S/c1-12(13-5-8-15(20)9-6-13)22(4)18(23)14-7-10-16(19)17(11-14)26(24,25)21(2)3/h5-12H,1-4H3. The maximum atomic E-state index is 12.9. The number of benzene rings is 2. The van der Waals surface area contributed by atoms with E-state index in [0.717, 1.165) is 9.87 Å². The van der Waals surface area contributed by atoms with Gasteiger partial charge in [-0.05, 0) is 58.7 Å². The van der Waals surface area contributed by atoms with Crippen LogP contribution in [-0.2, 0) is 10.0 Å². The normalized spacial score (nSPS) is 12.9. The molecule has 1 atom stereocenters.